The Kier molecular flexibility index (Phi) is 54.0. The summed E-state index contributed by atoms with van der Waals surface area (Å²) in [7, 11) is 0. The van der Waals surface area contributed by atoms with Gasteiger partial charge in [0.15, 0.2) is 6.10 Å². The fourth-order valence-electron chi connectivity index (χ4n) is 9.46. The van der Waals surface area contributed by atoms with Crippen molar-refractivity contribution in [2.75, 3.05) is 13.2 Å². The van der Waals surface area contributed by atoms with E-state index in [1.807, 2.05) is 0 Å². The zero-order valence-electron chi connectivity index (χ0n) is 45.9. The van der Waals surface area contributed by atoms with Crippen molar-refractivity contribution in [1.29, 1.82) is 0 Å². The van der Waals surface area contributed by atoms with Crippen LogP contribution in [0.1, 0.15) is 349 Å². The first-order valence-electron chi connectivity index (χ1n) is 30.4. The van der Waals surface area contributed by atoms with Crippen LogP contribution < -0.4 is 0 Å². The van der Waals surface area contributed by atoms with E-state index in [0.717, 1.165) is 63.7 Å². The summed E-state index contributed by atoms with van der Waals surface area (Å²) < 4.78 is 16.9. The number of carbonyl (C=O) groups excluding carboxylic acids is 3. The zero-order chi connectivity index (χ0) is 48.8. The molecule has 0 fully saturated rings. The van der Waals surface area contributed by atoms with Gasteiger partial charge in [0.25, 0.3) is 0 Å². The molecule has 6 nitrogen and oxygen atoms in total. The van der Waals surface area contributed by atoms with Gasteiger partial charge >= 0.3 is 17.9 Å². The van der Waals surface area contributed by atoms with Crippen LogP contribution in [0.2, 0.25) is 0 Å². The van der Waals surface area contributed by atoms with E-state index in [4.69, 9.17) is 14.2 Å². The maximum Gasteiger partial charge on any atom is 0.306 e. The van der Waals surface area contributed by atoms with Crippen molar-refractivity contribution in [3.05, 3.63) is 0 Å². The van der Waals surface area contributed by atoms with E-state index < -0.39 is 6.10 Å². The van der Waals surface area contributed by atoms with Crippen LogP contribution in [-0.2, 0) is 28.6 Å². The predicted octanol–water partition coefficient (Wildman–Crippen LogP) is 20.2. The Morgan fingerprint density at radius 2 is 0.493 bits per heavy atom. The number of rotatable bonds is 56. The largest absolute Gasteiger partial charge is 0.462 e. The molecule has 0 unspecified atom stereocenters. The summed E-state index contributed by atoms with van der Waals surface area (Å²) in [6.45, 7) is 9.06. The number of hydrogen-bond acceptors (Lipinski definition) is 6. The normalized spacial score (nSPS) is 12.0. The second kappa shape index (κ2) is 55.3. The lowest BCUT2D eigenvalue weighted by Crippen LogP contribution is -2.30. The van der Waals surface area contributed by atoms with Gasteiger partial charge in [-0.25, -0.2) is 0 Å². The van der Waals surface area contributed by atoms with Gasteiger partial charge in [-0.3, -0.25) is 14.4 Å². The highest BCUT2D eigenvalue weighted by atomic mass is 16.6. The number of unbranched alkanes of at least 4 members (excludes halogenated alkanes) is 43. The van der Waals surface area contributed by atoms with Crippen molar-refractivity contribution < 1.29 is 28.6 Å². The van der Waals surface area contributed by atoms with Crippen LogP contribution in [0.25, 0.3) is 0 Å². The molecule has 0 rings (SSSR count). The molecule has 0 aromatic carbocycles. The number of esters is 3. The average Bonchev–Trinajstić information content (AvgIpc) is 3.31. The van der Waals surface area contributed by atoms with E-state index in [9.17, 15) is 14.4 Å². The Morgan fingerprint density at radius 3 is 0.731 bits per heavy atom. The van der Waals surface area contributed by atoms with Gasteiger partial charge in [-0.1, -0.05) is 310 Å². The van der Waals surface area contributed by atoms with Crippen molar-refractivity contribution in [2.24, 2.45) is 5.92 Å². The lowest BCUT2D eigenvalue weighted by molar-refractivity contribution is -0.167. The van der Waals surface area contributed by atoms with Crippen molar-refractivity contribution in [3.63, 3.8) is 0 Å². The summed E-state index contributed by atoms with van der Waals surface area (Å²) in [5, 5.41) is 0. The molecule has 0 aliphatic rings. The van der Waals surface area contributed by atoms with E-state index in [1.54, 1.807) is 0 Å². The predicted molar refractivity (Wildman–Crippen MR) is 289 cm³/mol. The molecule has 398 valence electrons. The molecule has 6 heteroatoms. The van der Waals surface area contributed by atoms with Gasteiger partial charge in [-0.05, 0) is 25.2 Å². The molecule has 0 saturated carbocycles. The maximum atomic E-state index is 12.9. The van der Waals surface area contributed by atoms with Crippen LogP contribution >= 0.6 is 0 Å². The molecule has 0 aliphatic heterocycles. The van der Waals surface area contributed by atoms with Crippen molar-refractivity contribution >= 4 is 17.9 Å². The van der Waals surface area contributed by atoms with Crippen LogP contribution in [0, 0.1) is 5.92 Å². The molecule has 0 aromatic rings. The smallest absolute Gasteiger partial charge is 0.306 e. The molecule has 0 aromatic heterocycles. The van der Waals surface area contributed by atoms with Crippen LogP contribution in [0.4, 0.5) is 0 Å². The van der Waals surface area contributed by atoms with Gasteiger partial charge in [0.2, 0.25) is 0 Å². The fraction of sp³-hybridized carbons (Fsp3) is 0.951. The Hall–Kier alpha value is -1.59. The quantitative estimate of drug-likeness (QED) is 0.0343. The Balaban J connectivity index is 4.27. The average molecular weight is 948 g/mol. The minimum atomic E-state index is -0.762. The Labute approximate surface area is 418 Å². The van der Waals surface area contributed by atoms with E-state index in [0.29, 0.717) is 19.3 Å². The van der Waals surface area contributed by atoms with E-state index in [-0.39, 0.29) is 31.1 Å². The highest BCUT2D eigenvalue weighted by molar-refractivity contribution is 5.71. The van der Waals surface area contributed by atoms with Crippen molar-refractivity contribution in [1.82, 2.24) is 0 Å². The first-order valence-corrected chi connectivity index (χ1v) is 30.4. The Morgan fingerprint density at radius 1 is 0.284 bits per heavy atom. The molecule has 0 spiro atoms. The minimum absolute atomic E-state index is 0.0618. The SMILES string of the molecule is CCCCCCCCCCCCCCCCCCCCCC(=O)OC[C@@H](COC(=O)CCCCCCCCCCCCC(C)C)OC(=O)CCCCCCCCCCCCCCCCCCC. The maximum absolute atomic E-state index is 12.9. The molecule has 0 saturated heterocycles. The van der Waals surface area contributed by atoms with Crippen LogP contribution in [-0.4, -0.2) is 37.2 Å². The number of hydrogen-bond donors (Lipinski definition) is 0. The molecule has 0 amide bonds. The molecule has 0 radical (unpaired) electrons. The summed E-state index contributed by atoms with van der Waals surface area (Å²) in [5.41, 5.74) is 0. The molecule has 0 bridgehead atoms. The Bertz CT molecular complexity index is 1010. The topological polar surface area (TPSA) is 78.9 Å². The highest BCUT2D eigenvalue weighted by Crippen LogP contribution is 2.18. The highest BCUT2D eigenvalue weighted by Gasteiger charge is 2.19. The molecule has 0 N–H and O–H groups in total. The van der Waals surface area contributed by atoms with Crippen molar-refractivity contribution in [2.45, 2.75) is 355 Å². The molecule has 67 heavy (non-hydrogen) atoms. The van der Waals surface area contributed by atoms with Gasteiger partial charge < -0.3 is 14.2 Å². The van der Waals surface area contributed by atoms with Crippen LogP contribution in [0.15, 0.2) is 0 Å². The third kappa shape index (κ3) is 55.2. The molecule has 1 atom stereocenters. The molecule has 0 aliphatic carbocycles. The van der Waals surface area contributed by atoms with Gasteiger partial charge in [0, 0.05) is 19.3 Å². The van der Waals surface area contributed by atoms with Gasteiger partial charge in [0.05, 0.1) is 0 Å². The summed E-state index contributed by atoms with van der Waals surface area (Å²) in [6.07, 6.45) is 61.0. The minimum Gasteiger partial charge on any atom is -0.462 e. The zero-order valence-corrected chi connectivity index (χ0v) is 45.9. The lowest BCUT2D eigenvalue weighted by Gasteiger charge is -2.18. The van der Waals surface area contributed by atoms with Crippen LogP contribution in [0.3, 0.4) is 0 Å². The van der Waals surface area contributed by atoms with Crippen LogP contribution in [0.5, 0.6) is 0 Å². The third-order valence-electron chi connectivity index (χ3n) is 14.0. The monoisotopic (exact) mass is 947 g/mol. The second-order valence-electron chi connectivity index (χ2n) is 21.5. The van der Waals surface area contributed by atoms with E-state index >= 15 is 0 Å². The summed E-state index contributed by atoms with van der Waals surface area (Å²) in [6, 6.07) is 0. The van der Waals surface area contributed by atoms with Gasteiger partial charge in [-0.15, -0.1) is 0 Å². The van der Waals surface area contributed by atoms with Gasteiger partial charge in [0.1, 0.15) is 13.2 Å². The van der Waals surface area contributed by atoms with Gasteiger partial charge in [-0.2, -0.15) is 0 Å². The fourth-order valence-corrected chi connectivity index (χ4v) is 9.46. The first-order chi connectivity index (χ1) is 32.9. The van der Waals surface area contributed by atoms with E-state index in [2.05, 4.69) is 27.7 Å². The third-order valence-corrected chi connectivity index (χ3v) is 14.0. The molecular formula is C61H118O6. The molecule has 0 heterocycles. The summed E-state index contributed by atoms with van der Waals surface area (Å²) >= 11 is 0. The summed E-state index contributed by atoms with van der Waals surface area (Å²) in [5.74, 6) is -0.0147. The number of carbonyl (C=O) groups is 3. The standard InChI is InChI=1S/C61H118O6/c1-5-7-9-11-13-15-17-19-21-23-24-26-27-29-31-36-40-44-48-52-59(62)65-55-58(56-66-60(63)53-49-45-41-37-34-33-35-39-43-47-51-57(3)4)67-61(64)54-50-46-42-38-32-30-28-25-22-20-18-16-14-12-10-8-6-2/h57-58H,5-56H2,1-4H3/t58-/m0/s1. The molecular weight excluding hydrogens is 829 g/mol. The lowest BCUT2D eigenvalue weighted by atomic mass is 10.0. The number of ether oxygens (including phenoxy) is 3. The van der Waals surface area contributed by atoms with Crippen molar-refractivity contribution in [3.8, 4) is 0 Å². The first kappa shape index (κ1) is 65.4. The van der Waals surface area contributed by atoms with E-state index in [1.165, 1.54) is 244 Å². The summed E-state index contributed by atoms with van der Waals surface area (Å²) in [4.78, 5) is 38.2. The second-order valence-corrected chi connectivity index (χ2v) is 21.5.